The first-order valence-electron chi connectivity index (χ1n) is 8.09. The number of nitrogens with one attached hydrogen (secondary N) is 1. The Labute approximate surface area is 121 Å². The van der Waals surface area contributed by atoms with E-state index in [1.807, 2.05) is 13.8 Å². The summed E-state index contributed by atoms with van der Waals surface area (Å²) in [6.07, 6.45) is 6.61. The minimum atomic E-state index is 0.707. The highest BCUT2D eigenvalue weighted by Gasteiger charge is 2.38. The fourth-order valence-corrected chi connectivity index (χ4v) is 3.95. The quantitative estimate of drug-likeness (QED) is 0.919. The van der Waals surface area contributed by atoms with Gasteiger partial charge < -0.3 is 9.73 Å². The van der Waals surface area contributed by atoms with Gasteiger partial charge in [-0.15, -0.1) is 0 Å². The van der Waals surface area contributed by atoms with Crippen LogP contribution in [0.15, 0.2) is 4.42 Å². The zero-order chi connectivity index (χ0) is 14.1. The number of hydrogen-bond donors (Lipinski definition) is 1. The van der Waals surface area contributed by atoms with Crippen LogP contribution in [0.1, 0.15) is 56.4 Å². The number of aryl methyl sites for hydroxylation is 2. The van der Waals surface area contributed by atoms with E-state index in [-0.39, 0.29) is 0 Å². The summed E-state index contributed by atoms with van der Waals surface area (Å²) < 4.78 is 5.79. The third-order valence-electron chi connectivity index (χ3n) is 5.01. The van der Waals surface area contributed by atoms with Crippen molar-refractivity contribution in [3.8, 4) is 0 Å². The lowest BCUT2D eigenvalue weighted by Gasteiger charge is -2.48. The highest BCUT2D eigenvalue weighted by atomic mass is 16.4. The maximum atomic E-state index is 5.79. The Hall–Kier alpha value is -0.870. The Bertz CT molecular complexity index is 423. The zero-order valence-electron chi connectivity index (χ0n) is 13.0. The number of nitrogens with zero attached hydrogens (tertiary/aromatic N) is 2. The van der Waals surface area contributed by atoms with E-state index in [1.54, 1.807) is 0 Å². The summed E-state index contributed by atoms with van der Waals surface area (Å²) >= 11 is 0. The Morgan fingerprint density at radius 1 is 1.25 bits per heavy atom. The fraction of sp³-hybridized carbons (Fsp3) is 0.812. The highest BCUT2D eigenvalue weighted by Crippen LogP contribution is 2.35. The first-order valence-corrected chi connectivity index (χ1v) is 8.09. The Kier molecular flexibility index (Phi) is 4.13. The van der Waals surface area contributed by atoms with E-state index in [0.717, 1.165) is 30.4 Å². The smallest absolute Gasteiger partial charge is 0.208 e. The molecule has 0 saturated carbocycles. The predicted octanol–water partition coefficient (Wildman–Crippen LogP) is 2.79. The van der Waals surface area contributed by atoms with Crippen molar-refractivity contribution in [1.29, 1.82) is 0 Å². The molecule has 0 radical (unpaired) electrons. The Balaban J connectivity index is 1.70. The van der Waals surface area contributed by atoms with E-state index < -0.39 is 0 Å². The third kappa shape index (κ3) is 2.77. The number of hydrogen-bond acceptors (Lipinski definition) is 4. The molecule has 4 heteroatoms. The summed E-state index contributed by atoms with van der Waals surface area (Å²) in [6.45, 7) is 8.22. The van der Waals surface area contributed by atoms with Crippen LogP contribution < -0.4 is 5.32 Å². The van der Waals surface area contributed by atoms with Crippen molar-refractivity contribution < 1.29 is 4.42 Å². The van der Waals surface area contributed by atoms with Gasteiger partial charge in [-0.25, -0.2) is 4.98 Å². The molecule has 0 aliphatic carbocycles. The molecule has 2 bridgehead atoms. The highest BCUT2D eigenvalue weighted by molar-refractivity contribution is 5.06. The Morgan fingerprint density at radius 2 is 1.95 bits per heavy atom. The summed E-state index contributed by atoms with van der Waals surface area (Å²) in [6, 6.07) is 2.12. The summed E-state index contributed by atoms with van der Waals surface area (Å²) in [5, 5.41) is 3.64. The monoisotopic (exact) mass is 277 g/mol. The van der Waals surface area contributed by atoms with Gasteiger partial charge in [0.2, 0.25) is 5.89 Å². The van der Waals surface area contributed by atoms with Crippen molar-refractivity contribution in [1.82, 2.24) is 15.2 Å². The van der Waals surface area contributed by atoms with Crippen molar-refractivity contribution in [3.63, 3.8) is 0 Å². The van der Waals surface area contributed by atoms with Gasteiger partial charge in [-0.2, -0.15) is 0 Å². The maximum Gasteiger partial charge on any atom is 0.208 e. The maximum absolute atomic E-state index is 5.79. The van der Waals surface area contributed by atoms with Crippen LogP contribution in [-0.2, 0) is 6.54 Å². The van der Waals surface area contributed by atoms with E-state index >= 15 is 0 Å². The molecule has 2 saturated heterocycles. The SMILES string of the molecule is CCNC1CC2CCCC(C1)N2Cc1nc(C)c(C)o1. The first-order chi connectivity index (χ1) is 9.67. The molecular formula is C16H27N3O. The van der Waals surface area contributed by atoms with Gasteiger partial charge in [0.15, 0.2) is 0 Å². The second-order valence-corrected chi connectivity index (χ2v) is 6.39. The average Bonchev–Trinajstić information content (AvgIpc) is 2.69. The molecule has 2 fully saturated rings. The van der Waals surface area contributed by atoms with Crippen molar-refractivity contribution in [2.75, 3.05) is 6.54 Å². The molecule has 112 valence electrons. The van der Waals surface area contributed by atoms with Crippen LogP contribution >= 0.6 is 0 Å². The summed E-state index contributed by atoms with van der Waals surface area (Å²) in [5.74, 6) is 1.87. The largest absolute Gasteiger partial charge is 0.444 e. The lowest BCUT2D eigenvalue weighted by atomic mass is 9.81. The van der Waals surface area contributed by atoms with Gasteiger partial charge >= 0.3 is 0 Å². The van der Waals surface area contributed by atoms with Gasteiger partial charge in [0, 0.05) is 18.1 Å². The van der Waals surface area contributed by atoms with Gasteiger partial charge in [-0.1, -0.05) is 13.3 Å². The van der Waals surface area contributed by atoms with Crippen molar-refractivity contribution in [3.05, 3.63) is 17.3 Å². The van der Waals surface area contributed by atoms with Gasteiger partial charge in [0.1, 0.15) is 5.76 Å². The van der Waals surface area contributed by atoms with Gasteiger partial charge in [0.25, 0.3) is 0 Å². The van der Waals surface area contributed by atoms with Gasteiger partial charge in [0.05, 0.1) is 12.2 Å². The van der Waals surface area contributed by atoms with E-state index in [0.29, 0.717) is 18.1 Å². The molecule has 2 aliphatic rings. The standard InChI is InChI=1S/C16H27N3O/c1-4-17-13-8-14-6-5-7-15(9-13)19(14)10-16-18-11(2)12(3)20-16/h13-15,17H,4-10H2,1-3H3. The molecule has 0 spiro atoms. The molecule has 2 unspecified atom stereocenters. The molecule has 1 N–H and O–H groups in total. The molecule has 0 aromatic carbocycles. The number of piperidine rings is 2. The van der Waals surface area contributed by atoms with E-state index in [4.69, 9.17) is 4.42 Å². The second-order valence-electron chi connectivity index (χ2n) is 6.39. The van der Waals surface area contributed by atoms with Crippen molar-refractivity contribution in [2.24, 2.45) is 0 Å². The third-order valence-corrected chi connectivity index (χ3v) is 5.01. The van der Waals surface area contributed by atoms with Crippen LogP contribution in [0.3, 0.4) is 0 Å². The Morgan fingerprint density at radius 3 is 2.50 bits per heavy atom. The zero-order valence-corrected chi connectivity index (χ0v) is 13.0. The molecule has 1 aromatic heterocycles. The molecule has 3 heterocycles. The molecule has 1 aromatic rings. The van der Waals surface area contributed by atoms with Crippen molar-refractivity contribution >= 4 is 0 Å². The predicted molar refractivity (Wildman–Crippen MR) is 79.6 cm³/mol. The van der Waals surface area contributed by atoms with Gasteiger partial charge in [-0.3, -0.25) is 4.90 Å². The molecule has 2 aliphatic heterocycles. The lowest BCUT2D eigenvalue weighted by Crippen LogP contribution is -2.55. The molecule has 0 amide bonds. The number of oxazole rings is 1. The summed E-state index contributed by atoms with van der Waals surface area (Å²) in [4.78, 5) is 7.22. The van der Waals surface area contributed by atoms with Crippen LogP contribution in [0.5, 0.6) is 0 Å². The van der Waals surface area contributed by atoms with Crippen LogP contribution in [-0.4, -0.2) is 34.6 Å². The average molecular weight is 277 g/mol. The lowest BCUT2D eigenvalue weighted by molar-refractivity contribution is 0.0117. The summed E-state index contributed by atoms with van der Waals surface area (Å²) in [5.41, 5.74) is 1.03. The molecule has 4 nitrogen and oxygen atoms in total. The first kappa shape index (κ1) is 14.1. The number of fused-ring (bicyclic) bond motifs is 2. The molecular weight excluding hydrogens is 250 g/mol. The molecule has 2 atom stereocenters. The number of aromatic nitrogens is 1. The second kappa shape index (κ2) is 5.86. The molecule has 3 rings (SSSR count). The number of rotatable bonds is 4. The van der Waals surface area contributed by atoms with Crippen LogP contribution in [0.25, 0.3) is 0 Å². The molecule has 20 heavy (non-hydrogen) atoms. The van der Waals surface area contributed by atoms with E-state index in [9.17, 15) is 0 Å². The van der Waals surface area contributed by atoms with Crippen LogP contribution in [0.2, 0.25) is 0 Å². The summed E-state index contributed by atoms with van der Waals surface area (Å²) in [7, 11) is 0. The normalized spacial score (nSPS) is 30.6. The van der Waals surface area contributed by atoms with Crippen LogP contribution in [0.4, 0.5) is 0 Å². The van der Waals surface area contributed by atoms with E-state index in [1.165, 1.54) is 32.1 Å². The topological polar surface area (TPSA) is 41.3 Å². The van der Waals surface area contributed by atoms with Crippen molar-refractivity contribution in [2.45, 2.75) is 77.5 Å². The van der Waals surface area contributed by atoms with Crippen LogP contribution in [0, 0.1) is 13.8 Å². The fourth-order valence-electron chi connectivity index (χ4n) is 3.95. The minimum absolute atomic E-state index is 0.707. The van der Waals surface area contributed by atoms with E-state index in [2.05, 4.69) is 22.1 Å². The van der Waals surface area contributed by atoms with Gasteiger partial charge in [-0.05, 0) is 46.1 Å². The minimum Gasteiger partial charge on any atom is -0.444 e.